The molecule has 5 nitrogen and oxygen atoms in total. The number of carbonyl (C=O) groups is 1. The summed E-state index contributed by atoms with van der Waals surface area (Å²) < 4.78 is 0. The first-order chi connectivity index (χ1) is 12.9. The van der Waals surface area contributed by atoms with E-state index in [4.69, 9.17) is 0 Å². The number of aliphatic imine (C=N–C) groups is 1. The number of halogens is 1. The maximum atomic E-state index is 12.7. The molecule has 0 radical (unpaired) electrons. The maximum Gasteiger partial charge on any atom is 0.230 e. The van der Waals surface area contributed by atoms with Crippen molar-refractivity contribution in [2.45, 2.75) is 50.9 Å². The molecule has 0 heterocycles. The average molecular weight is 498 g/mol. The van der Waals surface area contributed by atoms with E-state index >= 15 is 0 Å². The number of amides is 1. The summed E-state index contributed by atoms with van der Waals surface area (Å²) in [5.74, 6) is 1.04. The second-order valence-electron chi connectivity index (χ2n) is 8.56. The van der Waals surface area contributed by atoms with Crippen LogP contribution in [0.4, 0.5) is 0 Å². The van der Waals surface area contributed by atoms with Crippen LogP contribution >= 0.6 is 24.0 Å². The summed E-state index contributed by atoms with van der Waals surface area (Å²) in [5, 5.41) is 6.97. The van der Waals surface area contributed by atoms with E-state index in [0.717, 1.165) is 38.2 Å². The molecule has 2 saturated carbocycles. The first-order valence-corrected chi connectivity index (χ1v) is 10.1. The Kier molecular flexibility index (Phi) is 7.76. The van der Waals surface area contributed by atoms with E-state index in [9.17, 15) is 4.79 Å². The number of rotatable bonds is 6. The third-order valence-electron chi connectivity index (χ3n) is 6.40. The van der Waals surface area contributed by atoms with Crippen molar-refractivity contribution in [1.29, 1.82) is 0 Å². The summed E-state index contributed by atoms with van der Waals surface area (Å²) in [6, 6.07) is 8.68. The van der Waals surface area contributed by atoms with Gasteiger partial charge in [-0.05, 0) is 43.7 Å². The average Bonchev–Trinajstić information content (AvgIpc) is 3.29. The van der Waals surface area contributed by atoms with Gasteiger partial charge < -0.3 is 15.5 Å². The molecule has 3 rings (SSSR count). The Bertz CT molecular complexity index is 706. The third kappa shape index (κ3) is 4.81. The molecule has 2 fully saturated rings. The fourth-order valence-electron chi connectivity index (χ4n) is 4.58. The van der Waals surface area contributed by atoms with Gasteiger partial charge in [-0.3, -0.25) is 9.79 Å². The number of nitrogens with one attached hydrogen (secondary N) is 2. The standard InChI is InChI=1S/C22H34N4O.HI/c1-17-9-5-6-10-18(17)21(13-14-21)15-24-20(23-2)25-16-22(11-7-8-12-22)19(27)26(3)4;/h5-6,9-10H,7-8,11-16H2,1-4H3,(H2,23,24,25);1H. The van der Waals surface area contributed by atoms with Gasteiger partial charge in [0.15, 0.2) is 5.96 Å². The highest BCUT2D eigenvalue weighted by molar-refractivity contribution is 14.0. The van der Waals surface area contributed by atoms with Crippen LogP contribution in [0.1, 0.15) is 49.7 Å². The van der Waals surface area contributed by atoms with Crippen molar-refractivity contribution < 1.29 is 4.79 Å². The van der Waals surface area contributed by atoms with Gasteiger partial charge in [0.25, 0.3) is 0 Å². The van der Waals surface area contributed by atoms with Gasteiger partial charge in [0.1, 0.15) is 0 Å². The summed E-state index contributed by atoms with van der Waals surface area (Å²) in [7, 11) is 5.51. The van der Waals surface area contributed by atoms with E-state index in [2.05, 4.69) is 46.8 Å². The van der Waals surface area contributed by atoms with Gasteiger partial charge in [0, 0.05) is 39.6 Å². The third-order valence-corrected chi connectivity index (χ3v) is 6.40. The number of benzene rings is 1. The van der Waals surface area contributed by atoms with Gasteiger partial charge in [0.05, 0.1) is 5.41 Å². The molecule has 0 saturated heterocycles. The first kappa shape index (κ1) is 23.0. The molecule has 1 amide bonds. The molecule has 6 heteroatoms. The van der Waals surface area contributed by atoms with Crippen LogP contribution in [0, 0.1) is 12.3 Å². The molecule has 28 heavy (non-hydrogen) atoms. The Balaban J connectivity index is 0.00000280. The van der Waals surface area contributed by atoms with Crippen LogP contribution in [0.3, 0.4) is 0 Å². The van der Waals surface area contributed by atoms with Gasteiger partial charge in [-0.1, -0.05) is 37.1 Å². The number of nitrogens with zero attached hydrogens (tertiary/aromatic N) is 2. The summed E-state index contributed by atoms with van der Waals surface area (Å²) in [5.41, 5.74) is 2.76. The van der Waals surface area contributed by atoms with Gasteiger partial charge in [0.2, 0.25) is 5.91 Å². The predicted molar refractivity (Wildman–Crippen MR) is 126 cm³/mol. The van der Waals surface area contributed by atoms with E-state index < -0.39 is 0 Å². The highest BCUT2D eigenvalue weighted by Gasteiger charge is 2.45. The molecule has 0 aromatic heterocycles. The summed E-state index contributed by atoms with van der Waals surface area (Å²) in [4.78, 5) is 18.9. The smallest absolute Gasteiger partial charge is 0.230 e. The Morgan fingerprint density at radius 1 is 1.07 bits per heavy atom. The summed E-state index contributed by atoms with van der Waals surface area (Å²) in [6.45, 7) is 3.73. The zero-order valence-corrected chi connectivity index (χ0v) is 20.0. The maximum absolute atomic E-state index is 12.7. The predicted octanol–water partition coefficient (Wildman–Crippen LogP) is 3.46. The SMILES string of the molecule is CN=C(NCC1(C(=O)N(C)C)CCCC1)NCC1(c2ccccc2C)CC1.I. The van der Waals surface area contributed by atoms with Crippen LogP contribution in [-0.4, -0.2) is 51.0 Å². The molecule has 0 spiro atoms. The van der Waals surface area contributed by atoms with Gasteiger partial charge in [-0.25, -0.2) is 0 Å². The van der Waals surface area contributed by atoms with Crippen molar-refractivity contribution in [3.8, 4) is 0 Å². The second-order valence-corrected chi connectivity index (χ2v) is 8.56. The zero-order valence-electron chi connectivity index (χ0n) is 17.7. The van der Waals surface area contributed by atoms with Crippen LogP contribution in [0.2, 0.25) is 0 Å². The first-order valence-electron chi connectivity index (χ1n) is 10.1. The quantitative estimate of drug-likeness (QED) is 0.359. The zero-order chi connectivity index (χ0) is 19.5. The lowest BCUT2D eigenvalue weighted by molar-refractivity contribution is -0.138. The minimum Gasteiger partial charge on any atom is -0.356 e. The molecule has 0 aliphatic heterocycles. The van der Waals surface area contributed by atoms with Crippen molar-refractivity contribution in [3.05, 3.63) is 35.4 Å². The molecule has 0 bridgehead atoms. The van der Waals surface area contributed by atoms with E-state index in [1.165, 1.54) is 24.0 Å². The van der Waals surface area contributed by atoms with Crippen LogP contribution < -0.4 is 10.6 Å². The van der Waals surface area contributed by atoms with Crippen LogP contribution in [0.15, 0.2) is 29.3 Å². The normalized spacial score (nSPS) is 19.5. The lowest BCUT2D eigenvalue weighted by Gasteiger charge is -2.31. The lowest BCUT2D eigenvalue weighted by atomic mass is 9.84. The van der Waals surface area contributed by atoms with Crippen molar-refractivity contribution in [2.75, 3.05) is 34.2 Å². The van der Waals surface area contributed by atoms with Crippen molar-refractivity contribution >= 4 is 35.8 Å². The molecule has 156 valence electrons. The van der Waals surface area contributed by atoms with Crippen molar-refractivity contribution in [3.63, 3.8) is 0 Å². The number of guanidine groups is 1. The van der Waals surface area contributed by atoms with Gasteiger partial charge in [-0.15, -0.1) is 24.0 Å². The Labute approximate surface area is 186 Å². The second kappa shape index (κ2) is 9.46. The van der Waals surface area contributed by atoms with Crippen molar-refractivity contribution in [1.82, 2.24) is 15.5 Å². The Morgan fingerprint density at radius 2 is 1.68 bits per heavy atom. The number of hydrogen-bond donors (Lipinski definition) is 2. The lowest BCUT2D eigenvalue weighted by Crippen LogP contribution is -2.50. The molecule has 2 N–H and O–H groups in total. The van der Waals surface area contributed by atoms with Crippen LogP contribution in [-0.2, 0) is 10.2 Å². The number of carbonyl (C=O) groups excluding carboxylic acids is 1. The number of aryl methyl sites for hydroxylation is 1. The minimum absolute atomic E-state index is 0. The Hall–Kier alpha value is -1.31. The molecule has 0 atom stereocenters. The number of hydrogen-bond acceptors (Lipinski definition) is 2. The molecule has 1 aromatic rings. The monoisotopic (exact) mass is 498 g/mol. The molecule has 2 aliphatic rings. The topological polar surface area (TPSA) is 56.7 Å². The summed E-state index contributed by atoms with van der Waals surface area (Å²) >= 11 is 0. The van der Waals surface area contributed by atoms with E-state index in [1.54, 1.807) is 11.9 Å². The van der Waals surface area contributed by atoms with E-state index in [0.29, 0.717) is 6.54 Å². The van der Waals surface area contributed by atoms with Crippen LogP contribution in [0.25, 0.3) is 0 Å². The molecule has 0 unspecified atom stereocenters. The van der Waals surface area contributed by atoms with E-state index in [1.807, 2.05) is 14.1 Å². The highest BCUT2D eigenvalue weighted by Crippen LogP contribution is 2.48. The molecule has 2 aliphatic carbocycles. The van der Waals surface area contributed by atoms with Crippen LogP contribution in [0.5, 0.6) is 0 Å². The van der Waals surface area contributed by atoms with Gasteiger partial charge >= 0.3 is 0 Å². The Morgan fingerprint density at radius 3 is 2.21 bits per heavy atom. The minimum atomic E-state index is -0.283. The van der Waals surface area contributed by atoms with E-state index in [-0.39, 0.29) is 40.7 Å². The fraction of sp³-hybridized carbons (Fsp3) is 0.636. The highest BCUT2D eigenvalue weighted by atomic mass is 127. The largest absolute Gasteiger partial charge is 0.356 e. The molecular weight excluding hydrogens is 463 g/mol. The molecule has 1 aromatic carbocycles. The van der Waals surface area contributed by atoms with Gasteiger partial charge in [-0.2, -0.15) is 0 Å². The molecular formula is C22H35IN4O. The fourth-order valence-corrected chi connectivity index (χ4v) is 4.58. The van der Waals surface area contributed by atoms with Crippen molar-refractivity contribution in [2.24, 2.45) is 10.4 Å². The summed E-state index contributed by atoms with van der Waals surface area (Å²) in [6.07, 6.45) is 6.60.